The first-order valence-electron chi connectivity index (χ1n) is 8.40. The maximum absolute atomic E-state index is 12.4. The van der Waals surface area contributed by atoms with Crippen LogP contribution in [0.5, 0.6) is 0 Å². The Bertz CT molecular complexity index is 1040. The van der Waals surface area contributed by atoms with Gasteiger partial charge in [0.1, 0.15) is 0 Å². The Morgan fingerprint density at radius 1 is 0.786 bits per heavy atom. The molecule has 3 aromatic carbocycles. The molecule has 28 heavy (non-hydrogen) atoms. The van der Waals surface area contributed by atoms with E-state index in [0.717, 1.165) is 5.56 Å². The zero-order valence-corrected chi connectivity index (χ0v) is 16.3. The number of sulfonamides is 1. The lowest BCUT2D eigenvalue weighted by molar-refractivity contribution is 0.262. The summed E-state index contributed by atoms with van der Waals surface area (Å²) in [6, 6.07) is 21.4. The fraction of sp³-hybridized carbons (Fsp3) is 0.0500. The van der Waals surface area contributed by atoms with Crippen molar-refractivity contribution in [2.75, 3.05) is 10.6 Å². The second-order valence-electron chi connectivity index (χ2n) is 5.92. The monoisotopic (exact) mass is 415 g/mol. The molecule has 0 saturated heterocycles. The molecule has 0 aliphatic rings. The minimum absolute atomic E-state index is 0.118. The number of rotatable bonds is 6. The molecule has 0 saturated carbocycles. The second kappa shape index (κ2) is 8.88. The maximum atomic E-state index is 12.4. The van der Waals surface area contributed by atoms with Gasteiger partial charge in [-0.1, -0.05) is 41.9 Å². The van der Waals surface area contributed by atoms with Crippen LogP contribution < -0.4 is 15.4 Å². The molecule has 6 nitrogen and oxygen atoms in total. The van der Waals surface area contributed by atoms with Crippen LogP contribution in [0, 0.1) is 0 Å². The van der Waals surface area contributed by atoms with Crippen molar-refractivity contribution in [2.45, 2.75) is 11.4 Å². The first-order chi connectivity index (χ1) is 13.4. The number of carbonyl (C=O) groups is 1. The standard InChI is InChI=1S/C20H18ClN3O3S/c21-16-6-8-17(9-7-16)23-20(25)24-18-10-12-19(13-11-18)28(26,27)22-14-15-4-2-1-3-5-15/h1-13,22H,14H2,(H2,23,24,25). The molecule has 0 aromatic heterocycles. The number of benzene rings is 3. The fourth-order valence-electron chi connectivity index (χ4n) is 2.40. The van der Waals surface area contributed by atoms with Gasteiger partial charge in [-0.25, -0.2) is 17.9 Å². The van der Waals surface area contributed by atoms with Crippen molar-refractivity contribution in [2.24, 2.45) is 0 Å². The molecule has 0 atom stereocenters. The summed E-state index contributed by atoms with van der Waals surface area (Å²) < 4.78 is 27.3. The van der Waals surface area contributed by atoms with Crippen molar-refractivity contribution < 1.29 is 13.2 Å². The maximum Gasteiger partial charge on any atom is 0.323 e. The second-order valence-corrected chi connectivity index (χ2v) is 8.12. The van der Waals surface area contributed by atoms with Crippen LogP contribution in [0.1, 0.15) is 5.56 Å². The molecule has 0 heterocycles. The Kier molecular flexibility index (Phi) is 6.30. The van der Waals surface area contributed by atoms with Gasteiger partial charge in [0.15, 0.2) is 0 Å². The highest BCUT2D eigenvalue weighted by Gasteiger charge is 2.14. The zero-order chi connectivity index (χ0) is 20.0. The molecule has 3 aromatic rings. The Hall–Kier alpha value is -2.87. The molecule has 0 radical (unpaired) electrons. The van der Waals surface area contributed by atoms with Gasteiger partial charge in [0.25, 0.3) is 0 Å². The van der Waals surface area contributed by atoms with E-state index < -0.39 is 16.1 Å². The first-order valence-corrected chi connectivity index (χ1v) is 10.3. The molecule has 2 amide bonds. The highest BCUT2D eigenvalue weighted by atomic mass is 35.5. The third-order valence-corrected chi connectivity index (χ3v) is 5.50. The van der Waals surface area contributed by atoms with Crippen molar-refractivity contribution in [3.63, 3.8) is 0 Å². The van der Waals surface area contributed by atoms with Crippen molar-refractivity contribution >= 4 is 39.0 Å². The summed E-state index contributed by atoms with van der Waals surface area (Å²) in [5, 5.41) is 5.88. The van der Waals surface area contributed by atoms with Gasteiger partial charge in [-0.2, -0.15) is 0 Å². The van der Waals surface area contributed by atoms with Crippen LogP contribution in [-0.4, -0.2) is 14.4 Å². The van der Waals surface area contributed by atoms with Gasteiger partial charge in [-0.3, -0.25) is 0 Å². The summed E-state index contributed by atoms with van der Waals surface area (Å²) in [7, 11) is -3.65. The zero-order valence-electron chi connectivity index (χ0n) is 14.7. The minimum Gasteiger partial charge on any atom is -0.308 e. The highest BCUT2D eigenvalue weighted by Crippen LogP contribution is 2.16. The summed E-state index contributed by atoms with van der Waals surface area (Å²) in [5.41, 5.74) is 1.92. The first kappa shape index (κ1) is 19.9. The SMILES string of the molecule is O=C(Nc1ccc(Cl)cc1)Nc1ccc(S(=O)(=O)NCc2ccccc2)cc1. The molecule has 0 aliphatic heterocycles. The van der Waals surface area contributed by atoms with Crippen molar-refractivity contribution in [1.29, 1.82) is 0 Å². The Morgan fingerprint density at radius 3 is 1.89 bits per heavy atom. The number of hydrogen-bond acceptors (Lipinski definition) is 3. The third-order valence-electron chi connectivity index (χ3n) is 3.83. The van der Waals surface area contributed by atoms with Crippen molar-refractivity contribution in [1.82, 2.24) is 4.72 Å². The summed E-state index contributed by atoms with van der Waals surface area (Å²) >= 11 is 5.80. The third kappa shape index (κ3) is 5.56. The largest absolute Gasteiger partial charge is 0.323 e. The molecular formula is C20H18ClN3O3S. The van der Waals surface area contributed by atoms with E-state index in [1.54, 1.807) is 24.3 Å². The summed E-state index contributed by atoms with van der Waals surface area (Å²) in [5.74, 6) is 0. The normalized spacial score (nSPS) is 11.0. The molecule has 0 spiro atoms. The van der Waals surface area contributed by atoms with Gasteiger partial charge in [-0.15, -0.1) is 0 Å². The van der Waals surface area contributed by atoms with Crippen LogP contribution in [-0.2, 0) is 16.6 Å². The fourth-order valence-corrected chi connectivity index (χ4v) is 3.55. The Labute approximate surface area is 168 Å². The van der Waals surface area contributed by atoms with E-state index in [1.165, 1.54) is 24.3 Å². The molecule has 0 bridgehead atoms. The average Bonchev–Trinajstić information content (AvgIpc) is 2.69. The lowest BCUT2D eigenvalue weighted by Gasteiger charge is -2.10. The molecule has 0 aliphatic carbocycles. The smallest absolute Gasteiger partial charge is 0.308 e. The number of hydrogen-bond donors (Lipinski definition) is 3. The summed E-state index contributed by atoms with van der Waals surface area (Å²) in [6.07, 6.45) is 0. The number of anilines is 2. The number of halogens is 1. The topological polar surface area (TPSA) is 87.3 Å². The number of amides is 2. The van der Waals surface area contributed by atoms with Gasteiger partial charge in [-0.05, 0) is 54.1 Å². The van der Waals surface area contributed by atoms with E-state index in [9.17, 15) is 13.2 Å². The van der Waals surface area contributed by atoms with E-state index in [2.05, 4.69) is 15.4 Å². The van der Waals surface area contributed by atoms with Crippen LogP contribution in [0.2, 0.25) is 5.02 Å². The van der Waals surface area contributed by atoms with Crippen molar-refractivity contribution in [3.8, 4) is 0 Å². The minimum atomic E-state index is -3.65. The molecule has 0 unspecified atom stereocenters. The predicted octanol–water partition coefficient (Wildman–Crippen LogP) is 4.46. The van der Waals surface area contributed by atoms with Crippen LogP contribution in [0.3, 0.4) is 0 Å². The number of nitrogens with one attached hydrogen (secondary N) is 3. The van der Waals surface area contributed by atoms with Gasteiger partial charge in [0.05, 0.1) is 4.90 Å². The summed E-state index contributed by atoms with van der Waals surface area (Å²) in [6.45, 7) is 0.201. The Balaban J connectivity index is 1.59. The lowest BCUT2D eigenvalue weighted by atomic mass is 10.2. The van der Waals surface area contributed by atoms with Gasteiger partial charge < -0.3 is 10.6 Å². The van der Waals surface area contributed by atoms with Gasteiger partial charge >= 0.3 is 6.03 Å². The molecule has 3 rings (SSSR count). The van der Waals surface area contributed by atoms with E-state index in [0.29, 0.717) is 16.4 Å². The molecule has 0 fully saturated rings. The Morgan fingerprint density at radius 2 is 1.32 bits per heavy atom. The number of carbonyl (C=O) groups excluding carboxylic acids is 1. The van der Waals surface area contributed by atoms with Gasteiger partial charge in [0, 0.05) is 22.9 Å². The average molecular weight is 416 g/mol. The van der Waals surface area contributed by atoms with Crippen LogP contribution in [0.25, 0.3) is 0 Å². The summed E-state index contributed by atoms with van der Waals surface area (Å²) in [4.78, 5) is 12.1. The molecular weight excluding hydrogens is 398 g/mol. The van der Waals surface area contributed by atoms with Crippen LogP contribution >= 0.6 is 11.6 Å². The predicted molar refractivity (Wildman–Crippen MR) is 111 cm³/mol. The molecule has 8 heteroatoms. The van der Waals surface area contributed by atoms with Crippen molar-refractivity contribution in [3.05, 3.63) is 89.4 Å². The van der Waals surface area contributed by atoms with E-state index in [-0.39, 0.29) is 11.4 Å². The molecule has 3 N–H and O–H groups in total. The highest BCUT2D eigenvalue weighted by molar-refractivity contribution is 7.89. The van der Waals surface area contributed by atoms with E-state index in [4.69, 9.17) is 11.6 Å². The van der Waals surface area contributed by atoms with E-state index >= 15 is 0 Å². The van der Waals surface area contributed by atoms with Crippen LogP contribution in [0.15, 0.2) is 83.8 Å². The van der Waals surface area contributed by atoms with E-state index in [1.807, 2.05) is 30.3 Å². The van der Waals surface area contributed by atoms with Crippen LogP contribution in [0.4, 0.5) is 16.2 Å². The lowest BCUT2D eigenvalue weighted by Crippen LogP contribution is -2.23. The molecule has 144 valence electrons. The number of urea groups is 1. The quantitative estimate of drug-likeness (QED) is 0.555. The van der Waals surface area contributed by atoms with Gasteiger partial charge in [0.2, 0.25) is 10.0 Å².